The molecule has 234 valence electrons. The molecule has 3 rings (SSSR count). The van der Waals surface area contributed by atoms with Crippen LogP contribution >= 0.6 is 0 Å². The Labute approximate surface area is 248 Å². The van der Waals surface area contributed by atoms with E-state index in [9.17, 15) is 32.6 Å². The minimum absolute atomic E-state index is 0.0188. The van der Waals surface area contributed by atoms with E-state index in [1.165, 1.54) is 12.1 Å². The summed E-state index contributed by atoms with van der Waals surface area (Å²) in [5.74, 6) is -1.65. The molecule has 0 fully saturated rings. The molecule has 0 saturated heterocycles. The summed E-state index contributed by atoms with van der Waals surface area (Å²) in [7, 11) is -1.11. The van der Waals surface area contributed by atoms with Gasteiger partial charge in [0.05, 0.1) is 23.2 Å². The summed E-state index contributed by atoms with van der Waals surface area (Å²) in [5.41, 5.74) is 17.6. The standard InChI is InChI=1S/C28H38BF3N6O5/c1-27(2)20-13-18(8-9-21(20)29(42)43-27)37-26(41)23(11-5-16-3-6-17(7-4-16)28(30,31)32)38-25(40)22(35)10-12-24(39)36-19(14-33)15-34/h3-4,6-9,13,19,22-23,42H,5,10-12,14-15,33-35H2,1-2H3,(H,36,39)(H,37,41)(H,38,40)/t22-,23+/m0/s1. The van der Waals surface area contributed by atoms with Gasteiger partial charge in [-0.25, -0.2) is 0 Å². The number of nitrogens with two attached hydrogens (primary N) is 3. The van der Waals surface area contributed by atoms with Crippen LogP contribution in [0.5, 0.6) is 0 Å². The molecular formula is C28H38BF3N6O5. The zero-order chi connectivity index (χ0) is 31.9. The first-order chi connectivity index (χ1) is 20.1. The Morgan fingerprint density at radius 2 is 1.65 bits per heavy atom. The molecule has 0 bridgehead atoms. The van der Waals surface area contributed by atoms with E-state index in [0.717, 1.165) is 12.1 Å². The molecule has 1 aliphatic heterocycles. The molecule has 1 heterocycles. The van der Waals surface area contributed by atoms with Gasteiger partial charge >= 0.3 is 13.3 Å². The van der Waals surface area contributed by atoms with Gasteiger partial charge in [-0.2, -0.15) is 13.2 Å². The maximum atomic E-state index is 13.4. The van der Waals surface area contributed by atoms with Gasteiger partial charge in [-0.05, 0) is 74.0 Å². The van der Waals surface area contributed by atoms with Crippen LogP contribution in [0.2, 0.25) is 0 Å². The predicted molar refractivity (Wildman–Crippen MR) is 156 cm³/mol. The van der Waals surface area contributed by atoms with Gasteiger partial charge in [-0.15, -0.1) is 0 Å². The molecule has 2 aromatic rings. The molecule has 3 amide bonds. The van der Waals surface area contributed by atoms with Gasteiger partial charge in [0.15, 0.2) is 0 Å². The van der Waals surface area contributed by atoms with Crippen LogP contribution < -0.4 is 38.6 Å². The van der Waals surface area contributed by atoms with Gasteiger partial charge in [0.1, 0.15) is 6.04 Å². The number of hydrogen-bond acceptors (Lipinski definition) is 8. The third-order valence-corrected chi connectivity index (χ3v) is 7.23. The van der Waals surface area contributed by atoms with E-state index in [1.54, 1.807) is 32.0 Å². The second-order valence-electron chi connectivity index (χ2n) is 10.9. The SMILES string of the molecule is CC1(C)OB(O)c2ccc(NC(=O)[C@@H](CCc3ccc(C(F)(F)F)cc3)NC(=O)[C@@H](N)CCC(=O)NC(CN)CN)cc21. The Balaban J connectivity index is 1.71. The Bertz CT molecular complexity index is 1290. The Hall–Kier alpha value is -3.50. The van der Waals surface area contributed by atoms with E-state index in [4.69, 9.17) is 21.9 Å². The molecule has 0 aliphatic carbocycles. The van der Waals surface area contributed by atoms with Crippen molar-refractivity contribution in [3.8, 4) is 0 Å². The van der Waals surface area contributed by atoms with E-state index < -0.39 is 54.4 Å². The van der Waals surface area contributed by atoms with E-state index in [-0.39, 0.29) is 44.7 Å². The number of anilines is 1. The second kappa shape index (κ2) is 14.3. The number of hydrogen-bond donors (Lipinski definition) is 7. The third kappa shape index (κ3) is 9.24. The highest BCUT2D eigenvalue weighted by Crippen LogP contribution is 2.32. The van der Waals surface area contributed by atoms with Crippen molar-refractivity contribution in [3.05, 3.63) is 59.2 Å². The average molecular weight is 606 g/mol. The summed E-state index contributed by atoms with van der Waals surface area (Å²) in [6.07, 6.45) is -4.36. The number of aryl methyl sites for hydroxylation is 1. The summed E-state index contributed by atoms with van der Waals surface area (Å²) >= 11 is 0. The normalized spacial score (nSPS) is 15.5. The van der Waals surface area contributed by atoms with Crippen molar-refractivity contribution >= 4 is 36.0 Å². The van der Waals surface area contributed by atoms with E-state index >= 15 is 0 Å². The fourth-order valence-corrected chi connectivity index (χ4v) is 4.66. The molecule has 2 atom stereocenters. The van der Waals surface area contributed by atoms with E-state index in [1.807, 2.05) is 0 Å². The molecule has 0 saturated carbocycles. The maximum Gasteiger partial charge on any atom is 0.492 e. The molecule has 0 aromatic heterocycles. The highest BCUT2D eigenvalue weighted by molar-refractivity contribution is 6.62. The summed E-state index contributed by atoms with van der Waals surface area (Å²) in [6, 6.07) is 6.76. The number of benzene rings is 2. The first-order valence-corrected chi connectivity index (χ1v) is 13.9. The second-order valence-corrected chi connectivity index (χ2v) is 10.9. The maximum absolute atomic E-state index is 13.4. The van der Waals surface area contributed by atoms with Crippen LogP contribution in [0.25, 0.3) is 0 Å². The van der Waals surface area contributed by atoms with Crippen molar-refractivity contribution in [2.75, 3.05) is 18.4 Å². The molecule has 11 nitrogen and oxygen atoms in total. The van der Waals surface area contributed by atoms with Crippen molar-refractivity contribution in [2.45, 2.75) is 69.4 Å². The zero-order valence-corrected chi connectivity index (χ0v) is 24.0. The topological polar surface area (TPSA) is 195 Å². The Kier molecular flexibility index (Phi) is 11.3. The van der Waals surface area contributed by atoms with Gasteiger partial charge < -0.3 is 42.8 Å². The lowest BCUT2D eigenvalue weighted by Crippen LogP contribution is -2.50. The highest BCUT2D eigenvalue weighted by atomic mass is 19.4. The predicted octanol–water partition coefficient (Wildman–Crippen LogP) is 0.224. The monoisotopic (exact) mass is 606 g/mol. The van der Waals surface area contributed by atoms with Crippen molar-refractivity contribution in [2.24, 2.45) is 17.2 Å². The first kappa shape index (κ1) is 34.0. The number of halogens is 3. The molecule has 1 aliphatic rings. The number of fused-ring (bicyclic) bond motifs is 1. The molecule has 0 spiro atoms. The number of amides is 3. The van der Waals surface area contributed by atoms with Gasteiger partial charge in [0.25, 0.3) is 0 Å². The van der Waals surface area contributed by atoms with Crippen LogP contribution in [0.1, 0.15) is 49.8 Å². The van der Waals surface area contributed by atoms with E-state index in [2.05, 4.69) is 16.0 Å². The summed E-state index contributed by atoms with van der Waals surface area (Å²) < 4.78 is 44.4. The molecule has 2 aromatic carbocycles. The molecule has 0 unspecified atom stereocenters. The lowest BCUT2D eigenvalue weighted by atomic mass is 9.78. The lowest BCUT2D eigenvalue weighted by molar-refractivity contribution is -0.137. The quantitative estimate of drug-likeness (QED) is 0.157. The van der Waals surface area contributed by atoms with Gasteiger partial charge in [-0.1, -0.05) is 18.2 Å². The summed E-state index contributed by atoms with van der Waals surface area (Å²) in [6.45, 7) is 3.85. The number of carbonyl (C=O) groups excluding carboxylic acids is 3. The smallest absolute Gasteiger partial charge is 0.423 e. The largest absolute Gasteiger partial charge is 0.492 e. The van der Waals surface area contributed by atoms with Crippen LogP contribution in [0.4, 0.5) is 18.9 Å². The fraction of sp³-hybridized carbons (Fsp3) is 0.464. The number of nitrogens with one attached hydrogen (secondary N) is 3. The minimum Gasteiger partial charge on any atom is -0.423 e. The Morgan fingerprint density at radius 1 is 1.00 bits per heavy atom. The molecule has 15 heteroatoms. The fourth-order valence-electron chi connectivity index (χ4n) is 4.66. The van der Waals surface area contributed by atoms with Gasteiger partial charge in [-0.3, -0.25) is 14.4 Å². The van der Waals surface area contributed by atoms with Gasteiger partial charge in [0.2, 0.25) is 17.7 Å². The van der Waals surface area contributed by atoms with Crippen LogP contribution in [-0.4, -0.2) is 61.1 Å². The van der Waals surface area contributed by atoms with Crippen molar-refractivity contribution in [1.82, 2.24) is 10.6 Å². The average Bonchev–Trinajstić information content (AvgIpc) is 3.18. The van der Waals surface area contributed by atoms with E-state index in [0.29, 0.717) is 22.3 Å². The summed E-state index contributed by atoms with van der Waals surface area (Å²) in [5, 5.41) is 18.2. The molecule has 0 radical (unpaired) electrons. The van der Waals surface area contributed by atoms with Crippen molar-refractivity contribution in [3.63, 3.8) is 0 Å². The molecule has 43 heavy (non-hydrogen) atoms. The number of alkyl halides is 3. The third-order valence-electron chi connectivity index (χ3n) is 7.23. The number of carbonyl (C=O) groups is 3. The highest BCUT2D eigenvalue weighted by Gasteiger charge is 2.40. The van der Waals surface area contributed by atoms with Crippen LogP contribution in [0, 0.1) is 0 Å². The minimum atomic E-state index is -4.48. The Morgan fingerprint density at radius 3 is 2.26 bits per heavy atom. The molecule has 10 N–H and O–H groups in total. The summed E-state index contributed by atoms with van der Waals surface area (Å²) in [4.78, 5) is 38.5. The van der Waals surface area contributed by atoms with Gasteiger partial charge in [0, 0.05) is 25.2 Å². The number of rotatable bonds is 13. The van der Waals surface area contributed by atoms with Crippen LogP contribution in [-0.2, 0) is 37.2 Å². The lowest BCUT2D eigenvalue weighted by Gasteiger charge is -2.22. The van der Waals surface area contributed by atoms with Crippen LogP contribution in [0.3, 0.4) is 0 Å². The zero-order valence-electron chi connectivity index (χ0n) is 24.0. The van der Waals surface area contributed by atoms with Crippen molar-refractivity contribution in [1.29, 1.82) is 0 Å². The van der Waals surface area contributed by atoms with Crippen LogP contribution in [0.15, 0.2) is 42.5 Å². The molecular weight excluding hydrogens is 568 g/mol. The first-order valence-electron chi connectivity index (χ1n) is 13.9. The van der Waals surface area contributed by atoms with Crippen molar-refractivity contribution < 1.29 is 37.2 Å².